The first kappa shape index (κ1) is 35.7. The molecule has 6 N–H and O–H groups in total. The number of anilines is 1. The number of nitrogens with two attached hydrogens (primary N) is 2. The molecule has 3 aromatic rings. The molecule has 4 atom stereocenters. The normalized spacial score (nSPS) is 16.8. The fraction of sp³-hybridized carbons (Fsp3) is 0.412. The van der Waals surface area contributed by atoms with Crippen molar-refractivity contribution in [2.75, 3.05) is 32.0 Å². The summed E-state index contributed by atoms with van der Waals surface area (Å²) in [7, 11) is -4.10. The Kier molecular flexibility index (Phi) is 12.6. The van der Waals surface area contributed by atoms with Gasteiger partial charge in [-0.25, -0.2) is 13.2 Å². The minimum absolute atomic E-state index is 0.0228. The van der Waals surface area contributed by atoms with Gasteiger partial charge in [-0.15, -0.1) is 0 Å². The number of nitrogen functional groups attached to an aromatic ring is 1. The minimum Gasteiger partial charge on any atom is -0.508 e. The fourth-order valence-corrected chi connectivity index (χ4v) is 6.82. The second-order valence-electron chi connectivity index (χ2n) is 12.1. The molecule has 254 valence electrons. The topological polar surface area (TPSA) is 184 Å². The molecule has 12 nitrogen and oxygen atoms in total. The van der Waals surface area contributed by atoms with Crippen LogP contribution in [0.1, 0.15) is 31.4 Å². The van der Waals surface area contributed by atoms with Gasteiger partial charge >= 0.3 is 12.1 Å². The van der Waals surface area contributed by atoms with E-state index in [1.54, 1.807) is 12.1 Å². The fourth-order valence-electron chi connectivity index (χ4n) is 5.21. The van der Waals surface area contributed by atoms with Crippen LogP contribution in [0, 0.1) is 5.92 Å². The number of phenolic OH excluding ortho intramolecular Hbond substituents is 1. The van der Waals surface area contributed by atoms with Gasteiger partial charge in [-0.1, -0.05) is 56.3 Å². The Morgan fingerprint density at radius 1 is 0.979 bits per heavy atom. The number of carbonyl (C=O) groups is 2. The molecule has 4 rings (SSSR count). The van der Waals surface area contributed by atoms with Crippen molar-refractivity contribution in [1.82, 2.24) is 9.62 Å². The van der Waals surface area contributed by atoms with E-state index in [0.29, 0.717) is 24.3 Å². The van der Waals surface area contributed by atoms with Gasteiger partial charge in [-0.3, -0.25) is 4.79 Å². The molecule has 0 aliphatic carbocycles. The molecule has 0 saturated carbocycles. The average molecular weight is 669 g/mol. The first-order valence-corrected chi connectivity index (χ1v) is 17.0. The number of rotatable bonds is 15. The SMILES string of the molecule is CC(C)CN(C[C@@H](OC(=O)[C@@H](N)Cc1ccc(O)cc1)[C@H](Cc1ccccc1)NC(=O)O[C@H]1CCOC1)S(=O)(=O)c1ccc(N)cc1. The quantitative estimate of drug-likeness (QED) is 0.139. The molecule has 0 aromatic heterocycles. The third kappa shape index (κ3) is 10.7. The summed E-state index contributed by atoms with van der Waals surface area (Å²) in [6.45, 7) is 4.30. The highest BCUT2D eigenvalue weighted by atomic mass is 32.2. The molecule has 1 aliphatic rings. The monoisotopic (exact) mass is 668 g/mol. The molecular formula is C34H44N4O8S. The maximum atomic E-state index is 14.0. The predicted molar refractivity (Wildman–Crippen MR) is 177 cm³/mol. The van der Waals surface area contributed by atoms with E-state index in [-0.39, 0.29) is 49.1 Å². The number of phenols is 1. The smallest absolute Gasteiger partial charge is 0.407 e. The molecule has 47 heavy (non-hydrogen) atoms. The third-order valence-electron chi connectivity index (χ3n) is 7.64. The van der Waals surface area contributed by atoms with Crippen molar-refractivity contribution in [2.24, 2.45) is 11.7 Å². The van der Waals surface area contributed by atoms with Crippen molar-refractivity contribution in [3.8, 4) is 5.75 Å². The van der Waals surface area contributed by atoms with Crippen LogP contribution < -0.4 is 16.8 Å². The van der Waals surface area contributed by atoms with Crippen LogP contribution in [0.2, 0.25) is 0 Å². The number of ether oxygens (including phenoxy) is 3. The van der Waals surface area contributed by atoms with Crippen LogP contribution in [0.3, 0.4) is 0 Å². The van der Waals surface area contributed by atoms with Gasteiger partial charge in [0.25, 0.3) is 0 Å². The number of sulfonamides is 1. The number of benzene rings is 3. The molecule has 13 heteroatoms. The van der Waals surface area contributed by atoms with E-state index in [0.717, 1.165) is 5.56 Å². The molecule has 1 heterocycles. The van der Waals surface area contributed by atoms with Crippen LogP contribution in [0.15, 0.2) is 83.8 Å². The lowest BCUT2D eigenvalue weighted by molar-refractivity contribution is -0.152. The van der Waals surface area contributed by atoms with Gasteiger partial charge in [0, 0.05) is 18.7 Å². The molecule has 0 bridgehead atoms. The van der Waals surface area contributed by atoms with Crippen LogP contribution in [0.4, 0.5) is 10.5 Å². The molecule has 3 aromatic carbocycles. The van der Waals surface area contributed by atoms with Crippen molar-refractivity contribution in [1.29, 1.82) is 0 Å². The van der Waals surface area contributed by atoms with Crippen molar-refractivity contribution < 1.29 is 37.3 Å². The molecular weight excluding hydrogens is 624 g/mol. The summed E-state index contributed by atoms with van der Waals surface area (Å²) in [6.07, 6.45) is -1.51. The van der Waals surface area contributed by atoms with E-state index in [1.807, 2.05) is 44.2 Å². The third-order valence-corrected chi connectivity index (χ3v) is 9.49. The Labute approximate surface area is 276 Å². The molecule has 1 aliphatic heterocycles. The molecule has 1 amide bonds. The molecule has 1 saturated heterocycles. The summed E-state index contributed by atoms with van der Waals surface area (Å²) < 4.78 is 46.2. The molecule has 0 spiro atoms. The first-order valence-electron chi connectivity index (χ1n) is 15.6. The van der Waals surface area contributed by atoms with Crippen LogP contribution >= 0.6 is 0 Å². The average Bonchev–Trinajstić information content (AvgIpc) is 3.54. The zero-order valence-corrected chi connectivity index (χ0v) is 27.5. The van der Waals surface area contributed by atoms with E-state index in [4.69, 9.17) is 25.7 Å². The van der Waals surface area contributed by atoms with E-state index in [1.165, 1.54) is 40.7 Å². The number of carbonyl (C=O) groups excluding carboxylic acids is 2. The zero-order chi connectivity index (χ0) is 34.0. The van der Waals surface area contributed by atoms with Crippen molar-refractivity contribution in [2.45, 2.75) is 62.3 Å². The van der Waals surface area contributed by atoms with Crippen LogP contribution in [-0.2, 0) is 41.9 Å². The van der Waals surface area contributed by atoms with Crippen LogP contribution in [-0.4, -0.2) is 80.5 Å². The Morgan fingerprint density at radius 3 is 2.26 bits per heavy atom. The number of nitrogens with zero attached hydrogens (tertiary/aromatic N) is 1. The van der Waals surface area contributed by atoms with Gasteiger partial charge in [0.15, 0.2) is 0 Å². The minimum atomic E-state index is -4.10. The van der Waals surface area contributed by atoms with E-state index >= 15 is 0 Å². The maximum absolute atomic E-state index is 14.0. The highest BCUT2D eigenvalue weighted by Gasteiger charge is 2.36. The summed E-state index contributed by atoms with van der Waals surface area (Å²) in [4.78, 5) is 26.8. The van der Waals surface area contributed by atoms with E-state index in [2.05, 4.69) is 5.32 Å². The summed E-state index contributed by atoms with van der Waals surface area (Å²) in [6, 6.07) is 19.3. The van der Waals surface area contributed by atoms with E-state index < -0.39 is 46.4 Å². The van der Waals surface area contributed by atoms with Crippen molar-refractivity contribution in [3.05, 3.63) is 90.0 Å². The number of hydrogen-bond acceptors (Lipinski definition) is 10. The number of amides is 1. The largest absolute Gasteiger partial charge is 0.508 e. The lowest BCUT2D eigenvalue weighted by atomic mass is 10.0. The van der Waals surface area contributed by atoms with Crippen LogP contribution in [0.25, 0.3) is 0 Å². The van der Waals surface area contributed by atoms with Crippen molar-refractivity contribution >= 4 is 27.8 Å². The van der Waals surface area contributed by atoms with Gasteiger partial charge in [-0.2, -0.15) is 4.31 Å². The van der Waals surface area contributed by atoms with Gasteiger partial charge < -0.3 is 36.1 Å². The van der Waals surface area contributed by atoms with Gasteiger partial charge in [0.1, 0.15) is 24.0 Å². The lowest BCUT2D eigenvalue weighted by Crippen LogP contribution is -2.54. The summed E-state index contributed by atoms with van der Waals surface area (Å²) >= 11 is 0. The number of hydrogen-bond donors (Lipinski definition) is 4. The number of nitrogens with one attached hydrogen (secondary N) is 1. The summed E-state index contributed by atoms with van der Waals surface area (Å²) in [5, 5.41) is 12.5. The van der Waals surface area contributed by atoms with Crippen LogP contribution in [0.5, 0.6) is 5.75 Å². The number of aromatic hydroxyl groups is 1. The van der Waals surface area contributed by atoms with Gasteiger partial charge in [-0.05, 0) is 66.3 Å². The Bertz CT molecular complexity index is 1550. The molecule has 0 radical (unpaired) electrons. The van der Waals surface area contributed by atoms with Crippen molar-refractivity contribution in [3.63, 3.8) is 0 Å². The number of alkyl carbamates (subject to hydrolysis) is 1. The second-order valence-corrected chi connectivity index (χ2v) is 14.0. The second kappa shape index (κ2) is 16.6. The maximum Gasteiger partial charge on any atom is 0.407 e. The Balaban J connectivity index is 1.68. The first-order chi connectivity index (χ1) is 22.4. The molecule has 0 unspecified atom stereocenters. The highest BCUT2D eigenvalue weighted by molar-refractivity contribution is 7.89. The summed E-state index contributed by atoms with van der Waals surface area (Å²) in [5.74, 6) is -0.808. The highest BCUT2D eigenvalue weighted by Crippen LogP contribution is 2.22. The van der Waals surface area contributed by atoms with E-state index in [9.17, 15) is 23.1 Å². The zero-order valence-electron chi connectivity index (χ0n) is 26.7. The number of esters is 1. The molecule has 1 fully saturated rings. The lowest BCUT2D eigenvalue weighted by Gasteiger charge is -2.33. The Hall–Kier alpha value is -4.17. The standard InChI is InChI=1S/C34H44N4O8S/c1-23(2)20-38(47(42,43)29-14-10-26(35)11-15-29)21-32(46-33(40)30(36)18-25-8-12-27(39)13-9-25)31(19-24-6-4-3-5-7-24)37-34(41)45-28-16-17-44-22-28/h3-15,23,28,30-32,39H,16-22,35-36H2,1-2H3,(H,37,41)/t28-,30-,31-,32+/m0/s1. The Morgan fingerprint density at radius 2 is 1.64 bits per heavy atom. The predicted octanol–water partition coefficient (Wildman–Crippen LogP) is 3.23. The van der Waals surface area contributed by atoms with Gasteiger partial charge in [0.05, 0.1) is 30.7 Å². The van der Waals surface area contributed by atoms with Gasteiger partial charge in [0.2, 0.25) is 10.0 Å². The summed E-state index contributed by atoms with van der Waals surface area (Å²) in [5.41, 5.74) is 14.0.